The summed E-state index contributed by atoms with van der Waals surface area (Å²) in [5.74, 6) is -0.794. The van der Waals surface area contributed by atoms with Crippen molar-refractivity contribution in [2.45, 2.75) is 56.3 Å². The predicted molar refractivity (Wildman–Crippen MR) is 143 cm³/mol. The van der Waals surface area contributed by atoms with E-state index in [0.29, 0.717) is 24.8 Å². The number of amides is 2. The van der Waals surface area contributed by atoms with Gasteiger partial charge in [0, 0.05) is 24.7 Å². The van der Waals surface area contributed by atoms with Crippen LogP contribution in [0.2, 0.25) is 0 Å². The summed E-state index contributed by atoms with van der Waals surface area (Å²) in [6, 6.07) is 14.0. The Bertz CT molecular complexity index is 1380. The Morgan fingerprint density at radius 1 is 1.11 bits per heavy atom. The van der Waals surface area contributed by atoms with Gasteiger partial charge in [0.2, 0.25) is 5.91 Å². The topological polar surface area (TPSA) is 142 Å². The lowest BCUT2D eigenvalue weighted by Gasteiger charge is -2.27. The lowest BCUT2D eigenvalue weighted by Crippen LogP contribution is -2.54. The molecule has 2 amide bonds. The maximum absolute atomic E-state index is 13.3. The standard InChI is InChI=1S/C27H33N5O5S/c1-18(2)16-23(31-26(34)22-13-12-19-8-3-4-9-20(19)29-22)27(35)30-21-10-7-15-32(17-24(21)33)38(36,37)25-11-5-6-14-28-25/h3-6,8-9,11-14,18,21,23-24,33H,7,10,15-17H2,1-2H3,(H,30,35)(H,31,34)/t21?,23?,24-/m0/s1. The number of aliphatic hydroxyl groups excluding tert-OH is 1. The van der Waals surface area contributed by atoms with Crippen molar-refractivity contribution in [2.24, 2.45) is 5.92 Å². The number of benzene rings is 1. The first kappa shape index (κ1) is 27.6. The summed E-state index contributed by atoms with van der Waals surface area (Å²) in [6.07, 6.45) is 1.48. The van der Waals surface area contributed by atoms with E-state index in [9.17, 15) is 23.1 Å². The van der Waals surface area contributed by atoms with Crippen molar-refractivity contribution in [3.05, 3.63) is 66.5 Å². The van der Waals surface area contributed by atoms with Gasteiger partial charge in [-0.1, -0.05) is 44.2 Å². The number of β-amino-alcohol motifs (C(OH)–C–C–N with tert-alkyl or cyclic N) is 1. The van der Waals surface area contributed by atoms with Crippen LogP contribution in [-0.4, -0.2) is 70.9 Å². The van der Waals surface area contributed by atoms with Gasteiger partial charge in [-0.2, -0.15) is 4.31 Å². The van der Waals surface area contributed by atoms with Crippen molar-refractivity contribution in [3.63, 3.8) is 0 Å². The molecule has 38 heavy (non-hydrogen) atoms. The SMILES string of the molecule is CC(C)CC(NC(=O)c1ccc2ccccc2n1)C(=O)NC1CCCN(S(=O)(=O)c2ccccn2)C[C@@H]1O. The molecule has 3 N–H and O–H groups in total. The fraction of sp³-hybridized carbons (Fsp3) is 0.407. The van der Waals surface area contributed by atoms with E-state index in [1.165, 1.54) is 16.6 Å². The molecular formula is C27H33N5O5S. The highest BCUT2D eigenvalue weighted by Crippen LogP contribution is 2.20. The molecule has 0 radical (unpaired) electrons. The van der Waals surface area contributed by atoms with E-state index in [1.807, 2.05) is 38.1 Å². The number of carbonyl (C=O) groups is 2. The summed E-state index contributed by atoms with van der Waals surface area (Å²) in [4.78, 5) is 34.6. The highest BCUT2D eigenvalue weighted by atomic mass is 32.2. The Morgan fingerprint density at radius 3 is 2.61 bits per heavy atom. The van der Waals surface area contributed by atoms with Crippen LogP contribution in [0.15, 0.2) is 65.8 Å². The zero-order chi connectivity index (χ0) is 27.3. The monoisotopic (exact) mass is 539 g/mol. The van der Waals surface area contributed by atoms with Crippen molar-refractivity contribution < 1.29 is 23.1 Å². The molecule has 0 bridgehead atoms. The number of nitrogens with zero attached hydrogens (tertiary/aromatic N) is 3. The van der Waals surface area contributed by atoms with Gasteiger partial charge in [0.15, 0.2) is 5.03 Å². The highest BCUT2D eigenvalue weighted by Gasteiger charge is 2.35. The second-order valence-electron chi connectivity index (χ2n) is 9.90. The maximum atomic E-state index is 13.3. The number of aliphatic hydroxyl groups is 1. The first-order chi connectivity index (χ1) is 18.1. The van der Waals surface area contributed by atoms with Crippen molar-refractivity contribution >= 4 is 32.7 Å². The number of carbonyl (C=O) groups excluding carboxylic acids is 2. The molecule has 0 aliphatic carbocycles. The van der Waals surface area contributed by atoms with Crippen LogP contribution in [0.3, 0.4) is 0 Å². The Hall–Kier alpha value is -3.41. The number of fused-ring (bicyclic) bond motifs is 1. The van der Waals surface area contributed by atoms with Gasteiger partial charge in [-0.25, -0.2) is 18.4 Å². The van der Waals surface area contributed by atoms with Gasteiger partial charge < -0.3 is 15.7 Å². The van der Waals surface area contributed by atoms with Gasteiger partial charge in [-0.15, -0.1) is 0 Å². The van der Waals surface area contributed by atoms with Crippen LogP contribution in [0.1, 0.15) is 43.6 Å². The highest BCUT2D eigenvalue weighted by molar-refractivity contribution is 7.89. The molecule has 1 fully saturated rings. The van der Waals surface area contributed by atoms with E-state index >= 15 is 0 Å². The van der Waals surface area contributed by atoms with Gasteiger partial charge in [0.1, 0.15) is 11.7 Å². The normalized spacial score (nSPS) is 19.6. The summed E-state index contributed by atoms with van der Waals surface area (Å²) < 4.78 is 27.2. The van der Waals surface area contributed by atoms with Crippen LogP contribution < -0.4 is 10.6 Å². The fourth-order valence-corrected chi connectivity index (χ4v) is 5.96. The van der Waals surface area contributed by atoms with Crippen LogP contribution in [0, 0.1) is 5.92 Å². The summed E-state index contributed by atoms with van der Waals surface area (Å²) >= 11 is 0. The molecule has 11 heteroatoms. The van der Waals surface area contributed by atoms with Crippen LogP contribution in [0.25, 0.3) is 10.9 Å². The first-order valence-corrected chi connectivity index (χ1v) is 14.2. The van der Waals surface area contributed by atoms with Crippen molar-refractivity contribution in [1.82, 2.24) is 24.9 Å². The number of hydrogen-bond acceptors (Lipinski definition) is 7. The molecule has 1 aliphatic heterocycles. The van der Waals surface area contributed by atoms with Crippen molar-refractivity contribution in [3.8, 4) is 0 Å². The van der Waals surface area contributed by atoms with Crippen LogP contribution in [-0.2, 0) is 14.8 Å². The number of hydrogen-bond donors (Lipinski definition) is 3. The summed E-state index contributed by atoms with van der Waals surface area (Å²) in [6.45, 7) is 3.91. The minimum absolute atomic E-state index is 0.0864. The zero-order valence-corrected chi connectivity index (χ0v) is 22.3. The van der Waals surface area contributed by atoms with E-state index in [0.717, 1.165) is 5.39 Å². The molecule has 0 spiro atoms. The number of para-hydroxylation sites is 1. The third kappa shape index (κ3) is 6.53. The number of sulfonamides is 1. The quantitative estimate of drug-likeness (QED) is 0.398. The number of aromatic nitrogens is 2. The summed E-state index contributed by atoms with van der Waals surface area (Å²) in [7, 11) is -3.88. The molecule has 1 aromatic carbocycles. The van der Waals surface area contributed by atoms with E-state index in [2.05, 4.69) is 20.6 Å². The Kier molecular flexibility index (Phi) is 8.70. The number of nitrogens with one attached hydrogen (secondary N) is 2. The van der Waals surface area contributed by atoms with Gasteiger partial charge in [0.25, 0.3) is 15.9 Å². The molecule has 10 nitrogen and oxygen atoms in total. The minimum Gasteiger partial charge on any atom is -0.390 e. The van der Waals surface area contributed by atoms with Crippen LogP contribution in [0.4, 0.5) is 0 Å². The molecule has 3 aromatic rings. The Morgan fingerprint density at radius 2 is 1.87 bits per heavy atom. The van der Waals surface area contributed by atoms with E-state index in [-0.39, 0.29) is 29.7 Å². The minimum atomic E-state index is -3.88. The largest absolute Gasteiger partial charge is 0.390 e. The van der Waals surface area contributed by atoms with Gasteiger partial charge in [-0.3, -0.25) is 9.59 Å². The molecule has 4 rings (SSSR count). The smallest absolute Gasteiger partial charge is 0.270 e. The molecule has 0 saturated carbocycles. The average molecular weight is 540 g/mol. The van der Waals surface area contributed by atoms with E-state index in [1.54, 1.807) is 24.3 Å². The molecule has 202 valence electrons. The maximum Gasteiger partial charge on any atom is 0.270 e. The van der Waals surface area contributed by atoms with E-state index in [4.69, 9.17) is 0 Å². The molecule has 1 aliphatic rings. The Labute approximate surface area is 222 Å². The van der Waals surface area contributed by atoms with Gasteiger partial charge in [-0.05, 0) is 49.4 Å². The third-order valence-electron chi connectivity index (χ3n) is 6.51. The lowest BCUT2D eigenvalue weighted by atomic mass is 10.0. The van der Waals surface area contributed by atoms with Crippen LogP contribution in [0.5, 0.6) is 0 Å². The number of rotatable bonds is 8. The second kappa shape index (κ2) is 12.0. The molecular weight excluding hydrogens is 506 g/mol. The molecule has 3 atom stereocenters. The summed E-state index contributed by atoms with van der Waals surface area (Å²) in [5, 5.41) is 17.3. The Balaban J connectivity index is 1.44. The zero-order valence-electron chi connectivity index (χ0n) is 21.4. The number of pyridine rings is 2. The fourth-order valence-electron chi connectivity index (χ4n) is 4.54. The molecule has 2 unspecified atom stereocenters. The molecule has 2 aromatic heterocycles. The molecule has 1 saturated heterocycles. The predicted octanol–water partition coefficient (Wildman–Crippen LogP) is 2.10. The lowest BCUT2D eigenvalue weighted by molar-refractivity contribution is -0.125. The van der Waals surface area contributed by atoms with Crippen LogP contribution >= 0.6 is 0 Å². The average Bonchev–Trinajstić information content (AvgIpc) is 3.09. The van der Waals surface area contributed by atoms with E-state index < -0.39 is 40.0 Å². The molecule has 3 heterocycles. The van der Waals surface area contributed by atoms with Gasteiger partial charge in [0.05, 0.1) is 17.7 Å². The third-order valence-corrected chi connectivity index (χ3v) is 8.29. The van der Waals surface area contributed by atoms with Crippen molar-refractivity contribution in [1.29, 1.82) is 0 Å². The summed E-state index contributed by atoms with van der Waals surface area (Å²) in [5.41, 5.74) is 0.881. The van der Waals surface area contributed by atoms with Gasteiger partial charge >= 0.3 is 0 Å². The second-order valence-corrected chi connectivity index (χ2v) is 11.8. The first-order valence-electron chi connectivity index (χ1n) is 12.7. The van der Waals surface area contributed by atoms with Crippen molar-refractivity contribution in [2.75, 3.05) is 13.1 Å².